The van der Waals surface area contributed by atoms with Gasteiger partial charge in [0, 0.05) is 17.6 Å². The first kappa shape index (κ1) is 18.8. The molecular formula is C23H19N3O2S. The lowest BCUT2D eigenvalue weighted by Gasteiger charge is -2.29. The van der Waals surface area contributed by atoms with Gasteiger partial charge in [-0.15, -0.1) is 0 Å². The molecule has 3 aromatic rings. The molecular weight excluding hydrogens is 382 g/mol. The fourth-order valence-electron chi connectivity index (χ4n) is 3.24. The van der Waals surface area contributed by atoms with E-state index in [1.807, 2.05) is 85.3 Å². The Bertz CT molecular complexity index is 1160. The first-order valence-electron chi connectivity index (χ1n) is 9.17. The highest BCUT2D eigenvalue weighted by Crippen LogP contribution is 2.25. The summed E-state index contributed by atoms with van der Waals surface area (Å²) in [6.07, 6.45) is 3.49. The van der Waals surface area contributed by atoms with Gasteiger partial charge in [-0.25, -0.2) is 0 Å². The van der Waals surface area contributed by atoms with Crippen LogP contribution in [0, 0.1) is 13.8 Å². The summed E-state index contributed by atoms with van der Waals surface area (Å²) >= 11 is 5.28. The molecule has 4 rings (SSSR count). The van der Waals surface area contributed by atoms with E-state index in [2.05, 4.69) is 5.32 Å². The van der Waals surface area contributed by atoms with Gasteiger partial charge in [-0.05, 0) is 79.7 Å². The molecule has 1 saturated heterocycles. The maximum absolute atomic E-state index is 13.2. The molecule has 0 bridgehead atoms. The van der Waals surface area contributed by atoms with Gasteiger partial charge in [0.05, 0.1) is 5.69 Å². The molecule has 0 unspecified atom stereocenters. The number of rotatable bonds is 3. The predicted molar refractivity (Wildman–Crippen MR) is 118 cm³/mol. The molecule has 1 aromatic heterocycles. The minimum absolute atomic E-state index is 0.0349. The molecule has 2 amide bonds. The van der Waals surface area contributed by atoms with E-state index in [0.717, 1.165) is 22.5 Å². The van der Waals surface area contributed by atoms with E-state index in [9.17, 15) is 9.59 Å². The first-order valence-corrected chi connectivity index (χ1v) is 9.58. The average Bonchev–Trinajstić information content (AvgIpc) is 3.17. The Labute approximate surface area is 174 Å². The van der Waals surface area contributed by atoms with Crippen LogP contribution in [0.2, 0.25) is 0 Å². The maximum atomic E-state index is 13.2. The van der Waals surface area contributed by atoms with E-state index in [1.165, 1.54) is 4.90 Å². The summed E-state index contributed by atoms with van der Waals surface area (Å²) in [5.41, 5.74) is 4.49. The Hall–Kier alpha value is -3.51. The summed E-state index contributed by atoms with van der Waals surface area (Å²) in [5.74, 6) is -0.941. The standard InChI is InChI=1S/C23H19N3O2S/c1-15-10-11-19(13-16(15)2)26-22(28)20(21(27)24-23(26)29)14-18-9-6-12-25(18)17-7-4-3-5-8-17/h3-14H,1-2H3,(H,24,27,29). The number of aromatic nitrogens is 1. The third-order valence-electron chi connectivity index (χ3n) is 4.96. The van der Waals surface area contributed by atoms with E-state index >= 15 is 0 Å². The highest BCUT2D eigenvalue weighted by Gasteiger charge is 2.34. The van der Waals surface area contributed by atoms with Crippen LogP contribution < -0.4 is 10.2 Å². The van der Waals surface area contributed by atoms with Gasteiger partial charge in [-0.3, -0.25) is 19.8 Å². The van der Waals surface area contributed by atoms with Crippen molar-refractivity contribution in [1.82, 2.24) is 9.88 Å². The van der Waals surface area contributed by atoms with E-state index < -0.39 is 11.8 Å². The summed E-state index contributed by atoms with van der Waals surface area (Å²) in [6.45, 7) is 3.97. The summed E-state index contributed by atoms with van der Waals surface area (Å²) < 4.78 is 1.92. The molecule has 0 atom stereocenters. The topological polar surface area (TPSA) is 54.3 Å². The number of carbonyl (C=O) groups is 2. The van der Waals surface area contributed by atoms with E-state index in [-0.39, 0.29) is 10.7 Å². The second-order valence-corrected chi connectivity index (χ2v) is 7.25. The number of aryl methyl sites for hydroxylation is 2. The Morgan fingerprint density at radius 2 is 1.66 bits per heavy atom. The number of thiocarbonyl (C=S) groups is 1. The summed E-state index contributed by atoms with van der Waals surface area (Å²) in [7, 11) is 0. The van der Waals surface area contributed by atoms with Crippen LogP contribution in [0.1, 0.15) is 16.8 Å². The quantitative estimate of drug-likeness (QED) is 0.411. The van der Waals surface area contributed by atoms with E-state index in [1.54, 1.807) is 6.08 Å². The van der Waals surface area contributed by atoms with Crippen molar-refractivity contribution in [2.24, 2.45) is 0 Å². The van der Waals surface area contributed by atoms with Crippen LogP contribution in [0.3, 0.4) is 0 Å². The van der Waals surface area contributed by atoms with Crippen molar-refractivity contribution in [3.8, 4) is 5.69 Å². The Morgan fingerprint density at radius 3 is 2.38 bits per heavy atom. The van der Waals surface area contributed by atoms with Gasteiger partial charge in [-0.2, -0.15) is 0 Å². The molecule has 0 aliphatic carbocycles. The van der Waals surface area contributed by atoms with Gasteiger partial charge < -0.3 is 4.57 Å². The summed E-state index contributed by atoms with van der Waals surface area (Å²) in [6, 6.07) is 19.1. The van der Waals surface area contributed by atoms with Crippen molar-refractivity contribution in [3.63, 3.8) is 0 Å². The molecule has 6 heteroatoms. The molecule has 0 spiro atoms. The van der Waals surface area contributed by atoms with Gasteiger partial charge in [0.2, 0.25) is 0 Å². The lowest BCUT2D eigenvalue weighted by atomic mass is 10.1. The zero-order valence-corrected chi connectivity index (χ0v) is 16.9. The van der Waals surface area contributed by atoms with Gasteiger partial charge >= 0.3 is 0 Å². The molecule has 0 radical (unpaired) electrons. The van der Waals surface area contributed by atoms with Crippen LogP contribution in [-0.4, -0.2) is 21.5 Å². The monoisotopic (exact) mass is 401 g/mol. The van der Waals surface area contributed by atoms with Crippen LogP contribution in [0.25, 0.3) is 11.8 Å². The SMILES string of the molecule is Cc1ccc(N2C(=O)C(=Cc3cccn3-c3ccccc3)C(=O)NC2=S)cc1C. The smallest absolute Gasteiger partial charge is 0.270 e. The lowest BCUT2D eigenvalue weighted by molar-refractivity contribution is -0.122. The number of hydrogen-bond donors (Lipinski definition) is 1. The summed E-state index contributed by atoms with van der Waals surface area (Å²) in [5, 5.41) is 2.72. The van der Waals surface area contributed by atoms with Crippen molar-refractivity contribution < 1.29 is 9.59 Å². The molecule has 29 heavy (non-hydrogen) atoms. The maximum Gasteiger partial charge on any atom is 0.270 e. The van der Waals surface area contributed by atoms with Crippen molar-refractivity contribution in [2.45, 2.75) is 13.8 Å². The number of nitrogens with zero attached hydrogens (tertiary/aromatic N) is 2. The highest BCUT2D eigenvalue weighted by atomic mass is 32.1. The lowest BCUT2D eigenvalue weighted by Crippen LogP contribution is -2.54. The number of nitrogens with one attached hydrogen (secondary N) is 1. The number of amides is 2. The third kappa shape index (κ3) is 3.50. The summed E-state index contributed by atoms with van der Waals surface area (Å²) in [4.78, 5) is 27.1. The second kappa shape index (κ2) is 7.48. The normalized spacial score (nSPS) is 15.7. The largest absolute Gasteiger partial charge is 0.317 e. The molecule has 5 nitrogen and oxygen atoms in total. The predicted octanol–water partition coefficient (Wildman–Crippen LogP) is 3.93. The van der Waals surface area contributed by atoms with Crippen molar-refractivity contribution in [2.75, 3.05) is 4.90 Å². The fraction of sp³-hybridized carbons (Fsp3) is 0.0870. The third-order valence-corrected chi connectivity index (χ3v) is 5.24. The Morgan fingerprint density at radius 1 is 0.897 bits per heavy atom. The van der Waals surface area contributed by atoms with Crippen LogP contribution in [-0.2, 0) is 9.59 Å². The Kier molecular flexibility index (Phi) is 4.86. The van der Waals surface area contributed by atoms with Crippen LogP contribution in [0.4, 0.5) is 5.69 Å². The average molecular weight is 401 g/mol. The molecule has 144 valence electrons. The van der Waals surface area contributed by atoms with Gasteiger partial charge in [-0.1, -0.05) is 24.3 Å². The van der Waals surface area contributed by atoms with Crippen LogP contribution in [0.5, 0.6) is 0 Å². The zero-order chi connectivity index (χ0) is 20.5. The molecule has 2 heterocycles. The van der Waals surface area contributed by atoms with Crippen molar-refractivity contribution in [1.29, 1.82) is 0 Å². The molecule has 2 aromatic carbocycles. The molecule has 0 saturated carbocycles. The molecule has 1 aliphatic heterocycles. The second-order valence-electron chi connectivity index (χ2n) is 6.87. The van der Waals surface area contributed by atoms with E-state index in [0.29, 0.717) is 5.69 Å². The van der Waals surface area contributed by atoms with Gasteiger partial charge in [0.1, 0.15) is 5.57 Å². The first-order chi connectivity index (χ1) is 14.0. The number of anilines is 1. The highest BCUT2D eigenvalue weighted by molar-refractivity contribution is 7.80. The van der Waals surface area contributed by atoms with Crippen molar-refractivity contribution >= 4 is 40.9 Å². The van der Waals surface area contributed by atoms with Gasteiger partial charge in [0.15, 0.2) is 5.11 Å². The van der Waals surface area contributed by atoms with Crippen LogP contribution >= 0.6 is 12.2 Å². The Balaban J connectivity index is 1.75. The van der Waals surface area contributed by atoms with Gasteiger partial charge in [0.25, 0.3) is 11.8 Å². The number of para-hydroxylation sites is 1. The minimum Gasteiger partial charge on any atom is -0.317 e. The van der Waals surface area contributed by atoms with Crippen molar-refractivity contribution in [3.05, 3.63) is 89.3 Å². The number of benzene rings is 2. The van der Waals surface area contributed by atoms with E-state index in [4.69, 9.17) is 12.2 Å². The molecule has 1 aliphatic rings. The van der Waals surface area contributed by atoms with Crippen LogP contribution in [0.15, 0.2) is 72.4 Å². The fourth-order valence-corrected chi connectivity index (χ4v) is 3.52. The minimum atomic E-state index is -0.499. The number of carbonyl (C=O) groups excluding carboxylic acids is 2. The number of hydrogen-bond acceptors (Lipinski definition) is 3. The molecule has 1 fully saturated rings. The zero-order valence-electron chi connectivity index (χ0n) is 16.0. The molecule has 1 N–H and O–H groups in total.